The second kappa shape index (κ2) is 5.21. The number of rotatable bonds is 1. The average molecular weight is 335 g/mol. The van der Waals surface area contributed by atoms with Gasteiger partial charge in [0.1, 0.15) is 11.3 Å². The molecular formula is C20H17NO4. The van der Waals surface area contributed by atoms with Crippen molar-refractivity contribution in [3.05, 3.63) is 74.6 Å². The van der Waals surface area contributed by atoms with Gasteiger partial charge in [0.25, 0.3) is 5.91 Å². The first-order valence-electron chi connectivity index (χ1n) is 8.02. The molecule has 5 nitrogen and oxygen atoms in total. The van der Waals surface area contributed by atoms with Gasteiger partial charge in [-0.25, -0.2) is 0 Å². The molecule has 0 saturated carbocycles. The van der Waals surface area contributed by atoms with Crippen LogP contribution in [0.15, 0.2) is 45.6 Å². The third-order valence-electron chi connectivity index (χ3n) is 4.90. The van der Waals surface area contributed by atoms with Gasteiger partial charge in [-0.3, -0.25) is 9.59 Å². The van der Waals surface area contributed by atoms with Crippen LogP contribution in [0.25, 0.3) is 11.0 Å². The van der Waals surface area contributed by atoms with Crippen molar-refractivity contribution in [1.82, 2.24) is 4.90 Å². The fourth-order valence-electron chi connectivity index (χ4n) is 3.43. The zero-order valence-corrected chi connectivity index (χ0v) is 14.2. The zero-order valence-electron chi connectivity index (χ0n) is 14.2. The molecule has 3 aromatic rings. The van der Waals surface area contributed by atoms with Crippen LogP contribution in [0.2, 0.25) is 0 Å². The molecule has 0 radical (unpaired) electrons. The molecule has 1 amide bonds. The number of nitrogens with zero attached hydrogens (tertiary/aromatic N) is 1. The van der Waals surface area contributed by atoms with Crippen LogP contribution >= 0.6 is 0 Å². The number of carbonyl (C=O) groups excluding carboxylic acids is 1. The molecule has 25 heavy (non-hydrogen) atoms. The van der Waals surface area contributed by atoms with Gasteiger partial charge in [-0.2, -0.15) is 0 Å². The molecule has 1 aromatic heterocycles. The number of benzene rings is 2. The van der Waals surface area contributed by atoms with E-state index in [2.05, 4.69) is 0 Å². The minimum atomic E-state index is -0.572. The average Bonchev–Trinajstić information content (AvgIpc) is 2.82. The number of fused-ring (bicyclic) bond motifs is 2. The summed E-state index contributed by atoms with van der Waals surface area (Å²) in [4.78, 5) is 27.3. The third kappa shape index (κ3) is 2.16. The van der Waals surface area contributed by atoms with Crippen LogP contribution in [-0.4, -0.2) is 23.0 Å². The first-order valence-corrected chi connectivity index (χ1v) is 8.02. The lowest BCUT2D eigenvalue weighted by atomic mass is 9.97. The molecule has 126 valence electrons. The first kappa shape index (κ1) is 15.4. The fraction of sp³-hybridized carbons (Fsp3) is 0.200. The molecule has 2 aromatic carbocycles. The topological polar surface area (TPSA) is 70.8 Å². The minimum Gasteiger partial charge on any atom is -0.508 e. The van der Waals surface area contributed by atoms with Gasteiger partial charge in [-0.15, -0.1) is 0 Å². The summed E-state index contributed by atoms with van der Waals surface area (Å²) in [5.74, 6) is -0.166. The molecule has 1 unspecified atom stereocenters. The molecule has 1 N–H and O–H groups in total. The molecule has 0 aliphatic carbocycles. The van der Waals surface area contributed by atoms with Crippen LogP contribution in [-0.2, 0) is 0 Å². The molecule has 4 rings (SSSR count). The van der Waals surface area contributed by atoms with Gasteiger partial charge in [0, 0.05) is 7.05 Å². The predicted molar refractivity (Wildman–Crippen MR) is 94.0 cm³/mol. The number of aryl methyl sites for hydroxylation is 2. The highest BCUT2D eigenvalue weighted by atomic mass is 16.3. The van der Waals surface area contributed by atoms with Gasteiger partial charge in [0.15, 0.2) is 5.43 Å². The molecule has 1 aliphatic rings. The van der Waals surface area contributed by atoms with Crippen molar-refractivity contribution in [3.8, 4) is 5.75 Å². The number of amides is 1. The molecule has 0 fully saturated rings. The van der Waals surface area contributed by atoms with Crippen molar-refractivity contribution in [3.63, 3.8) is 0 Å². The summed E-state index contributed by atoms with van der Waals surface area (Å²) >= 11 is 0. The van der Waals surface area contributed by atoms with E-state index in [4.69, 9.17) is 4.42 Å². The van der Waals surface area contributed by atoms with Gasteiger partial charge >= 0.3 is 0 Å². The molecular weight excluding hydrogens is 318 g/mol. The van der Waals surface area contributed by atoms with E-state index in [9.17, 15) is 14.7 Å². The van der Waals surface area contributed by atoms with Crippen molar-refractivity contribution >= 4 is 16.9 Å². The molecule has 0 bridgehead atoms. The monoisotopic (exact) mass is 335 g/mol. The van der Waals surface area contributed by atoms with Gasteiger partial charge < -0.3 is 14.4 Å². The summed E-state index contributed by atoms with van der Waals surface area (Å²) in [6.07, 6.45) is 0. The number of hydrogen-bond donors (Lipinski definition) is 1. The summed E-state index contributed by atoms with van der Waals surface area (Å²) in [6.45, 7) is 3.87. The van der Waals surface area contributed by atoms with Gasteiger partial charge in [0.05, 0.1) is 17.0 Å². The van der Waals surface area contributed by atoms with Crippen LogP contribution in [0, 0.1) is 13.8 Å². The van der Waals surface area contributed by atoms with E-state index in [1.165, 1.54) is 4.90 Å². The Morgan fingerprint density at radius 2 is 1.80 bits per heavy atom. The van der Waals surface area contributed by atoms with Crippen LogP contribution in [0.5, 0.6) is 5.75 Å². The Morgan fingerprint density at radius 3 is 2.52 bits per heavy atom. The van der Waals surface area contributed by atoms with Crippen molar-refractivity contribution in [2.45, 2.75) is 19.9 Å². The highest BCUT2D eigenvalue weighted by Gasteiger charge is 2.40. The number of phenols is 1. The molecule has 0 spiro atoms. The van der Waals surface area contributed by atoms with E-state index < -0.39 is 6.04 Å². The summed E-state index contributed by atoms with van der Waals surface area (Å²) in [7, 11) is 1.63. The largest absolute Gasteiger partial charge is 0.508 e. The maximum atomic E-state index is 13.1. The van der Waals surface area contributed by atoms with Crippen molar-refractivity contribution in [1.29, 1.82) is 0 Å². The molecule has 1 atom stereocenters. The minimum absolute atomic E-state index is 0.0802. The second-order valence-electron chi connectivity index (χ2n) is 6.52. The smallest absolute Gasteiger partial charge is 0.290 e. The van der Waals surface area contributed by atoms with E-state index in [1.807, 2.05) is 13.8 Å². The Balaban J connectivity index is 2.05. The summed E-state index contributed by atoms with van der Waals surface area (Å²) < 4.78 is 5.83. The second-order valence-corrected chi connectivity index (χ2v) is 6.52. The quantitative estimate of drug-likeness (QED) is 0.741. The SMILES string of the molecule is Cc1cc2oc3c(c(=O)c2cc1C)C(c1cccc(O)c1)N(C)C3=O. The normalized spacial score (nSPS) is 16.5. The molecule has 0 saturated heterocycles. The zero-order chi connectivity index (χ0) is 17.9. The molecule has 5 heteroatoms. The predicted octanol–water partition coefficient (Wildman–Crippen LogP) is 3.29. The van der Waals surface area contributed by atoms with E-state index in [-0.39, 0.29) is 22.8 Å². The fourth-order valence-corrected chi connectivity index (χ4v) is 3.43. The Morgan fingerprint density at radius 1 is 1.08 bits per heavy atom. The van der Waals surface area contributed by atoms with E-state index in [1.54, 1.807) is 43.4 Å². The Labute approximate surface area is 144 Å². The Kier molecular flexibility index (Phi) is 3.22. The number of phenolic OH excluding ortho intramolecular Hbond substituents is 1. The number of aromatic hydroxyl groups is 1. The van der Waals surface area contributed by atoms with Gasteiger partial charge in [-0.1, -0.05) is 12.1 Å². The van der Waals surface area contributed by atoms with Crippen molar-refractivity contribution < 1.29 is 14.3 Å². The number of hydrogen-bond acceptors (Lipinski definition) is 4. The number of carbonyl (C=O) groups is 1. The summed E-state index contributed by atoms with van der Waals surface area (Å²) in [5.41, 5.74) is 3.21. The maximum absolute atomic E-state index is 13.1. The lowest BCUT2D eigenvalue weighted by Crippen LogP contribution is -2.25. The van der Waals surface area contributed by atoms with Crippen molar-refractivity contribution in [2.75, 3.05) is 7.05 Å². The molecule has 2 heterocycles. The third-order valence-corrected chi connectivity index (χ3v) is 4.90. The van der Waals surface area contributed by atoms with Gasteiger partial charge in [-0.05, 0) is 54.8 Å². The maximum Gasteiger partial charge on any atom is 0.290 e. The van der Waals surface area contributed by atoms with Crippen LogP contribution in [0.1, 0.15) is 38.9 Å². The van der Waals surface area contributed by atoms with E-state index in [0.717, 1.165) is 11.1 Å². The summed E-state index contributed by atoms with van der Waals surface area (Å²) in [6, 6.07) is 9.62. The first-order chi connectivity index (χ1) is 11.9. The lowest BCUT2D eigenvalue weighted by Gasteiger charge is -2.20. The van der Waals surface area contributed by atoms with Crippen LogP contribution < -0.4 is 5.43 Å². The van der Waals surface area contributed by atoms with E-state index in [0.29, 0.717) is 22.1 Å². The summed E-state index contributed by atoms with van der Waals surface area (Å²) in [5, 5.41) is 10.2. The standard InChI is InChI=1S/C20H17NO4/c1-10-7-14-15(8-11(10)2)25-19-16(18(14)23)17(21(3)20(19)24)12-5-4-6-13(22)9-12/h4-9,17,22H,1-3H3. The van der Waals surface area contributed by atoms with Crippen LogP contribution in [0.4, 0.5) is 0 Å². The molecule has 1 aliphatic heterocycles. The van der Waals surface area contributed by atoms with Crippen LogP contribution in [0.3, 0.4) is 0 Å². The van der Waals surface area contributed by atoms with Crippen molar-refractivity contribution in [2.24, 2.45) is 0 Å². The lowest BCUT2D eigenvalue weighted by molar-refractivity contribution is 0.0771. The Bertz CT molecular complexity index is 1100. The van der Waals surface area contributed by atoms with E-state index >= 15 is 0 Å². The Hall–Kier alpha value is -3.08. The van der Waals surface area contributed by atoms with Gasteiger partial charge in [0.2, 0.25) is 5.76 Å². The highest BCUT2D eigenvalue weighted by molar-refractivity contribution is 5.99. The highest BCUT2D eigenvalue weighted by Crippen LogP contribution is 2.37.